The molecule has 4 aromatic heterocycles. The molecule has 6 heterocycles. The molecule has 16 heteroatoms. The Kier molecular flexibility index (Phi) is 11.1. The molecule has 4 amide bonds. The van der Waals surface area contributed by atoms with Crippen molar-refractivity contribution in [3.63, 3.8) is 0 Å². The molecule has 0 aromatic carbocycles. The molecule has 2 aliphatic heterocycles. The normalized spacial score (nSPS) is 16.9. The van der Waals surface area contributed by atoms with Crippen LogP contribution < -0.4 is 20.4 Å². The third-order valence-electron chi connectivity index (χ3n) is 9.02. The Bertz CT molecular complexity index is 1770. The van der Waals surface area contributed by atoms with Crippen molar-refractivity contribution in [2.24, 2.45) is 0 Å². The van der Waals surface area contributed by atoms with E-state index in [2.05, 4.69) is 53.7 Å². The van der Waals surface area contributed by atoms with Crippen LogP contribution in [0.4, 0.5) is 11.6 Å². The molecule has 0 aliphatic carbocycles. The van der Waals surface area contributed by atoms with Crippen LogP contribution in [0.3, 0.4) is 0 Å². The van der Waals surface area contributed by atoms with Gasteiger partial charge in [0.25, 0.3) is 11.8 Å². The predicted octanol–water partition coefficient (Wildman–Crippen LogP) is 1.86. The van der Waals surface area contributed by atoms with Gasteiger partial charge in [0, 0.05) is 77.8 Å². The molecule has 0 bridgehead atoms. The van der Waals surface area contributed by atoms with Gasteiger partial charge in [0.1, 0.15) is 22.7 Å². The third-order valence-corrected chi connectivity index (χ3v) is 9.02. The molecule has 4 N–H and O–H groups in total. The topological polar surface area (TPSA) is 188 Å². The van der Waals surface area contributed by atoms with Crippen LogP contribution in [0.25, 0.3) is 22.3 Å². The number of rotatable bonds is 10. The lowest BCUT2D eigenvalue weighted by molar-refractivity contribution is -0.125. The van der Waals surface area contributed by atoms with Gasteiger partial charge < -0.3 is 40.2 Å². The summed E-state index contributed by atoms with van der Waals surface area (Å²) in [7, 11) is 3.86. The van der Waals surface area contributed by atoms with E-state index in [-0.39, 0.29) is 35.7 Å². The van der Waals surface area contributed by atoms with Crippen LogP contribution in [0, 0.1) is 0 Å². The number of aromatic nitrogens is 6. The summed E-state index contributed by atoms with van der Waals surface area (Å²) in [4.78, 5) is 79.3. The van der Waals surface area contributed by atoms with Gasteiger partial charge in [-0.2, -0.15) is 0 Å². The van der Waals surface area contributed by atoms with Crippen LogP contribution in [0.1, 0.15) is 47.4 Å². The number of nitrogens with one attached hydrogen (secondary N) is 4. The molecule has 0 spiro atoms. The summed E-state index contributed by atoms with van der Waals surface area (Å²) >= 11 is 0. The van der Waals surface area contributed by atoms with Crippen LogP contribution in [0.5, 0.6) is 0 Å². The maximum absolute atomic E-state index is 12.1. The highest BCUT2D eigenvalue weighted by Crippen LogP contribution is 2.24. The van der Waals surface area contributed by atoms with Crippen LogP contribution in [0.2, 0.25) is 0 Å². The van der Waals surface area contributed by atoms with Gasteiger partial charge in [-0.1, -0.05) is 13.2 Å². The molecule has 6 rings (SSSR count). The SMILES string of the molecule is C=CC(=O)N1CCC(N(C)c2cnc3[nH]cc(C(=O)NCC)c3n2)C1.C=CC(=O)N1CC[C@@H](N(C)c2cnc3[nH]cc(C(=O)NCC)c3n2)C1. The lowest BCUT2D eigenvalue weighted by Crippen LogP contribution is -2.36. The quantitative estimate of drug-likeness (QED) is 0.180. The fourth-order valence-corrected chi connectivity index (χ4v) is 6.11. The first-order valence-electron chi connectivity index (χ1n) is 16.6. The predicted molar refractivity (Wildman–Crippen MR) is 191 cm³/mol. The number of carbonyl (C=O) groups is 4. The summed E-state index contributed by atoms with van der Waals surface area (Å²) in [6.45, 7) is 14.5. The highest BCUT2D eigenvalue weighted by molar-refractivity contribution is 6.05. The second-order valence-electron chi connectivity index (χ2n) is 12.1. The van der Waals surface area contributed by atoms with Gasteiger partial charge in [-0.15, -0.1) is 0 Å². The summed E-state index contributed by atoms with van der Waals surface area (Å²) in [6, 6.07) is 0.310. The first-order chi connectivity index (χ1) is 24.1. The van der Waals surface area contributed by atoms with Crippen LogP contribution in [-0.2, 0) is 9.59 Å². The van der Waals surface area contributed by atoms with Crippen molar-refractivity contribution >= 4 is 57.6 Å². The molecule has 2 aliphatic rings. The van der Waals surface area contributed by atoms with E-state index in [1.807, 2.05) is 37.7 Å². The van der Waals surface area contributed by atoms with Crippen molar-refractivity contribution in [1.29, 1.82) is 0 Å². The molecule has 2 saturated heterocycles. The molecular weight excluding hydrogens is 640 g/mol. The maximum atomic E-state index is 12.1. The van der Waals surface area contributed by atoms with Crippen molar-refractivity contribution in [3.8, 4) is 0 Å². The summed E-state index contributed by atoms with van der Waals surface area (Å²) in [5, 5.41) is 5.55. The zero-order valence-electron chi connectivity index (χ0n) is 28.9. The molecular formula is C34H44N12O4. The zero-order chi connectivity index (χ0) is 35.9. The number of likely N-dealkylation sites (tertiary alicyclic amines) is 2. The molecule has 1 unspecified atom stereocenters. The number of H-pyrrole nitrogens is 2. The number of carbonyl (C=O) groups excluding carboxylic acids is 4. The number of fused-ring (bicyclic) bond motifs is 2. The van der Waals surface area contributed by atoms with Gasteiger partial charge in [-0.05, 0) is 38.8 Å². The number of hydrogen-bond acceptors (Lipinski definition) is 10. The van der Waals surface area contributed by atoms with Crippen molar-refractivity contribution in [3.05, 3.63) is 61.2 Å². The molecule has 264 valence electrons. The zero-order valence-corrected chi connectivity index (χ0v) is 28.9. The Balaban J connectivity index is 0.000000194. The van der Waals surface area contributed by atoms with E-state index in [1.165, 1.54) is 12.2 Å². The summed E-state index contributed by atoms with van der Waals surface area (Å²) in [6.07, 6.45) is 11.0. The van der Waals surface area contributed by atoms with E-state index in [1.54, 1.807) is 34.6 Å². The first kappa shape index (κ1) is 35.5. The fourth-order valence-electron chi connectivity index (χ4n) is 6.11. The van der Waals surface area contributed by atoms with E-state index in [0.29, 0.717) is 84.4 Å². The summed E-state index contributed by atoms with van der Waals surface area (Å²) in [5.74, 6) is 0.896. The molecule has 16 nitrogen and oxygen atoms in total. The Labute approximate surface area is 290 Å². The van der Waals surface area contributed by atoms with Crippen molar-refractivity contribution in [1.82, 2.24) is 50.3 Å². The van der Waals surface area contributed by atoms with Gasteiger partial charge in [0.15, 0.2) is 11.3 Å². The van der Waals surface area contributed by atoms with E-state index in [9.17, 15) is 19.2 Å². The molecule has 2 fully saturated rings. The fraction of sp³-hybridized carbons (Fsp3) is 0.412. The monoisotopic (exact) mass is 684 g/mol. The Hall–Kier alpha value is -5.80. The van der Waals surface area contributed by atoms with Crippen LogP contribution >= 0.6 is 0 Å². The highest BCUT2D eigenvalue weighted by Gasteiger charge is 2.30. The van der Waals surface area contributed by atoms with Crippen LogP contribution in [-0.4, -0.2) is 129 Å². The molecule has 2 atom stereocenters. The second kappa shape index (κ2) is 15.6. The van der Waals surface area contributed by atoms with Crippen LogP contribution in [0.15, 0.2) is 50.1 Å². The number of anilines is 2. The van der Waals surface area contributed by atoms with Crippen molar-refractivity contribution in [2.75, 3.05) is 63.2 Å². The summed E-state index contributed by atoms with van der Waals surface area (Å²) in [5.41, 5.74) is 3.21. The van der Waals surface area contributed by atoms with Gasteiger partial charge in [-0.25, -0.2) is 19.9 Å². The number of hydrogen-bond donors (Lipinski definition) is 4. The largest absolute Gasteiger partial charge is 0.354 e. The summed E-state index contributed by atoms with van der Waals surface area (Å²) < 4.78 is 0. The minimum atomic E-state index is -0.175. The molecule has 50 heavy (non-hydrogen) atoms. The standard InChI is InChI=1S/2C17H22N6O2/c2*1-4-14(24)23-7-6-11(10-23)22(3)13-9-20-16-15(21-13)12(8-19-16)17(25)18-5-2/h2*4,8-9,11H,1,5-7,10H2,2-3H3,(H,18,25)(H,19,20)/t11-;/m1./s1. The van der Waals surface area contributed by atoms with Gasteiger partial charge in [0.2, 0.25) is 11.8 Å². The van der Waals surface area contributed by atoms with Crippen molar-refractivity contribution in [2.45, 2.75) is 38.8 Å². The number of likely N-dealkylation sites (N-methyl/N-ethyl adjacent to an activating group) is 2. The molecule has 0 saturated carbocycles. The average Bonchev–Trinajstić information content (AvgIpc) is 3.96. The van der Waals surface area contributed by atoms with Gasteiger partial charge >= 0.3 is 0 Å². The second-order valence-corrected chi connectivity index (χ2v) is 12.1. The Morgan fingerprint density at radius 2 is 1.18 bits per heavy atom. The van der Waals surface area contributed by atoms with E-state index >= 15 is 0 Å². The number of nitrogens with zero attached hydrogens (tertiary/aromatic N) is 8. The van der Waals surface area contributed by atoms with E-state index in [4.69, 9.17) is 0 Å². The minimum absolute atomic E-state index is 0.0541. The number of aromatic amines is 2. The third kappa shape index (κ3) is 7.43. The molecule has 0 radical (unpaired) electrons. The lowest BCUT2D eigenvalue weighted by Gasteiger charge is -2.25. The Morgan fingerprint density at radius 3 is 1.54 bits per heavy atom. The lowest BCUT2D eigenvalue weighted by atomic mass is 10.2. The smallest absolute Gasteiger partial charge is 0.255 e. The minimum Gasteiger partial charge on any atom is -0.354 e. The highest BCUT2D eigenvalue weighted by atomic mass is 16.2. The van der Waals surface area contributed by atoms with E-state index in [0.717, 1.165) is 12.8 Å². The van der Waals surface area contributed by atoms with Gasteiger partial charge in [0.05, 0.1) is 23.5 Å². The number of amides is 4. The Morgan fingerprint density at radius 1 is 0.780 bits per heavy atom. The average molecular weight is 685 g/mol. The van der Waals surface area contributed by atoms with Crippen molar-refractivity contribution < 1.29 is 19.2 Å². The van der Waals surface area contributed by atoms with E-state index < -0.39 is 0 Å². The maximum Gasteiger partial charge on any atom is 0.255 e. The van der Waals surface area contributed by atoms with Gasteiger partial charge in [-0.3, -0.25) is 19.2 Å². The first-order valence-corrected chi connectivity index (χ1v) is 16.6. The molecule has 4 aromatic rings.